The molecule has 0 aliphatic heterocycles. The first kappa shape index (κ1) is 14.5. The van der Waals surface area contributed by atoms with Gasteiger partial charge in [0.25, 0.3) is 0 Å². The number of nitrogens with one attached hydrogen (secondary N) is 1. The molecule has 0 bridgehead atoms. The maximum absolute atomic E-state index is 11.4. The highest BCUT2D eigenvalue weighted by atomic mass is 32.2. The van der Waals surface area contributed by atoms with Crippen LogP contribution in [0, 0.1) is 5.92 Å². The van der Waals surface area contributed by atoms with Crippen molar-refractivity contribution in [3.05, 3.63) is 29.8 Å². The van der Waals surface area contributed by atoms with Crippen molar-refractivity contribution in [2.75, 3.05) is 19.3 Å². The van der Waals surface area contributed by atoms with Crippen LogP contribution < -0.4 is 5.32 Å². The molecule has 0 amide bonds. The molecule has 0 radical (unpaired) electrons. The Morgan fingerprint density at radius 3 is 2.47 bits per heavy atom. The highest BCUT2D eigenvalue weighted by molar-refractivity contribution is 7.90. The highest BCUT2D eigenvalue weighted by Gasteiger charge is 2.50. The van der Waals surface area contributed by atoms with Gasteiger partial charge in [0.2, 0.25) is 0 Å². The molecule has 0 saturated heterocycles. The van der Waals surface area contributed by atoms with Gasteiger partial charge in [0.05, 0.1) is 4.90 Å². The second-order valence-electron chi connectivity index (χ2n) is 5.82. The van der Waals surface area contributed by atoms with E-state index in [1.165, 1.54) is 18.2 Å². The van der Waals surface area contributed by atoms with Crippen molar-refractivity contribution in [1.29, 1.82) is 0 Å². The van der Waals surface area contributed by atoms with Crippen LogP contribution in [0.5, 0.6) is 0 Å². The standard InChI is InChI=1S/C15H23NO2S/c1-4-9-16-11-13-10-15(13,2)12-5-7-14(8-6-12)19(3,17)18/h5-8,13,16H,4,9-11H2,1-3H3. The van der Waals surface area contributed by atoms with E-state index < -0.39 is 9.84 Å². The quantitative estimate of drug-likeness (QED) is 0.814. The van der Waals surface area contributed by atoms with Crippen molar-refractivity contribution in [2.24, 2.45) is 5.92 Å². The van der Waals surface area contributed by atoms with Crippen molar-refractivity contribution >= 4 is 9.84 Å². The van der Waals surface area contributed by atoms with Gasteiger partial charge in [-0.2, -0.15) is 0 Å². The predicted octanol–water partition coefficient (Wildman–Crippen LogP) is 2.37. The summed E-state index contributed by atoms with van der Waals surface area (Å²) in [5.74, 6) is 0.670. The Morgan fingerprint density at radius 2 is 1.95 bits per heavy atom. The number of hydrogen-bond donors (Lipinski definition) is 1. The maximum atomic E-state index is 11.4. The van der Waals surface area contributed by atoms with Gasteiger partial charge in [0.1, 0.15) is 0 Å². The first-order valence-corrected chi connectivity index (χ1v) is 8.78. The average molecular weight is 281 g/mol. The Bertz CT molecular complexity index is 536. The van der Waals surface area contributed by atoms with Crippen LogP contribution in [0.4, 0.5) is 0 Å². The van der Waals surface area contributed by atoms with Crippen LogP contribution in [0.3, 0.4) is 0 Å². The minimum absolute atomic E-state index is 0.219. The van der Waals surface area contributed by atoms with Gasteiger partial charge < -0.3 is 5.32 Å². The van der Waals surface area contributed by atoms with E-state index in [0.29, 0.717) is 10.8 Å². The third kappa shape index (κ3) is 3.18. The zero-order valence-corrected chi connectivity index (χ0v) is 12.8. The molecule has 1 aliphatic carbocycles. The van der Waals surface area contributed by atoms with Crippen molar-refractivity contribution in [1.82, 2.24) is 5.32 Å². The molecule has 0 heterocycles. The molecule has 1 aliphatic rings. The number of hydrogen-bond acceptors (Lipinski definition) is 3. The normalized spacial score (nSPS) is 26.4. The lowest BCUT2D eigenvalue weighted by Gasteiger charge is -2.13. The Balaban J connectivity index is 2.04. The Hall–Kier alpha value is -0.870. The highest BCUT2D eigenvalue weighted by Crippen LogP contribution is 2.53. The second kappa shape index (κ2) is 5.25. The summed E-state index contributed by atoms with van der Waals surface area (Å²) in [7, 11) is -3.09. The van der Waals surface area contributed by atoms with Gasteiger partial charge in [-0.3, -0.25) is 0 Å². The number of benzene rings is 1. The lowest BCUT2D eigenvalue weighted by molar-refractivity contribution is 0.575. The zero-order chi connectivity index (χ0) is 14.1. The van der Waals surface area contributed by atoms with E-state index in [2.05, 4.69) is 19.2 Å². The van der Waals surface area contributed by atoms with E-state index in [1.54, 1.807) is 12.1 Å². The molecule has 1 N–H and O–H groups in total. The van der Waals surface area contributed by atoms with E-state index in [0.717, 1.165) is 19.5 Å². The molecule has 1 fully saturated rings. The molecule has 2 atom stereocenters. The molecule has 19 heavy (non-hydrogen) atoms. The average Bonchev–Trinajstić information content (AvgIpc) is 3.01. The van der Waals surface area contributed by atoms with Crippen LogP contribution in [0.1, 0.15) is 32.3 Å². The van der Waals surface area contributed by atoms with Crippen LogP contribution in [-0.4, -0.2) is 27.8 Å². The molecule has 2 unspecified atom stereocenters. The van der Waals surface area contributed by atoms with Gasteiger partial charge in [-0.05, 0) is 55.0 Å². The first-order valence-electron chi connectivity index (χ1n) is 6.89. The fourth-order valence-electron chi connectivity index (χ4n) is 2.64. The summed E-state index contributed by atoms with van der Waals surface area (Å²) in [5.41, 5.74) is 1.47. The molecule has 0 spiro atoms. The zero-order valence-electron chi connectivity index (χ0n) is 11.9. The minimum atomic E-state index is -3.09. The minimum Gasteiger partial charge on any atom is -0.316 e. The molecular weight excluding hydrogens is 258 g/mol. The summed E-state index contributed by atoms with van der Waals surface area (Å²) >= 11 is 0. The molecule has 1 aromatic rings. The van der Waals surface area contributed by atoms with E-state index in [1.807, 2.05) is 12.1 Å². The van der Waals surface area contributed by atoms with E-state index in [4.69, 9.17) is 0 Å². The van der Waals surface area contributed by atoms with Gasteiger partial charge in [0, 0.05) is 6.26 Å². The summed E-state index contributed by atoms with van der Waals surface area (Å²) in [5, 5.41) is 3.46. The number of rotatable bonds is 6. The van der Waals surface area contributed by atoms with Crippen LogP contribution in [0.15, 0.2) is 29.2 Å². The van der Waals surface area contributed by atoms with Gasteiger partial charge in [-0.1, -0.05) is 26.0 Å². The van der Waals surface area contributed by atoms with Crippen molar-refractivity contribution in [2.45, 2.75) is 37.0 Å². The van der Waals surface area contributed by atoms with Crippen molar-refractivity contribution in [3.8, 4) is 0 Å². The third-order valence-corrected chi connectivity index (χ3v) is 5.30. The van der Waals surface area contributed by atoms with Gasteiger partial charge in [-0.15, -0.1) is 0 Å². The fourth-order valence-corrected chi connectivity index (χ4v) is 3.27. The van der Waals surface area contributed by atoms with Crippen molar-refractivity contribution < 1.29 is 8.42 Å². The van der Waals surface area contributed by atoms with Crippen molar-refractivity contribution in [3.63, 3.8) is 0 Å². The van der Waals surface area contributed by atoms with Crippen LogP contribution in [0.2, 0.25) is 0 Å². The molecule has 4 heteroatoms. The Morgan fingerprint density at radius 1 is 1.32 bits per heavy atom. The van der Waals surface area contributed by atoms with Crippen LogP contribution >= 0.6 is 0 Å². The van der Waals surface area contributed by atoms with E-state index in [9.17, 15) is 8.42 Å². The topological polar surface area (TPSA) is 46.2 Å². The summed E-state index contributed by atoms with van der Waals surface area (Å²) in [6.07, 6.45) is 3.59. The molecule has 1 aromatic carbocycles. The molecule has 0 aromatic heterocycles. The third-order valence-electron chi connectivity index (χ3n) is 4.17. The summed E-state index contributed by atoms with van der Waals surface area (Å²) < 4.78 is 22.9. The first-order chi connectivity index (χ1) is 8.88. The summed E-state index contributed by atoms with van der Waals surface area (Å²) in [6.45, 7) is 6.56. The predicted molar refractivity (Wildman–Crippen MR) is 78.2 cm³/mol. The smallest absolute Gasteiger partial charge is 0.175 e. The lowest BCUT2D eigenvalue weighted by Crippen LogP contribution is -2.20. The molecular formula is C15H23NO2S. The molecule has 106 valence electrons. The summed E-state index contributed by atoms with van der Waals surface area (Å²) in [6, 6.07) is 7.39. The largest absolute Gasteiger partial charge is 0.316 e. The lowest BCUT2D eigenvalue weighted by atomic mass is 9.95. The fraction of sp³-hybridized carbons (Fsp3) is 0.600. The van der Waals surface area contributed by atoms with E-state index in [-0.39, 0.29) is 5.41 Å². The monoisotopic (exact) mass is 281 g/mol. The van der Waals surface area contributed by atoms with Gasteiger partial charge in [0.15, 0.2) is 9.84 Å². The van der Waals surface area contributed by atoms with E-state index >= 15 is 0 Å². The Labute approximate surface area is 116 Å². The second-order valence-corrected chi connectivity index (χ2v) is 7.83. The number of sulfone groups is 1. The van der Waals surface area contributed by atoms with Gasteiger partial charge in [-0.25, -0.2) is 8.42 Å². The van der Waals surface area contributed by atoms with Crippen LogP contribution in [0.25, 0.3) is 0 Å². The SMILES string of the molecule is CCCNCC1CC1(C)c1ccc(S(C)(=O)=O)cc1. The Kier molecular flexibility index (Phi) is 4.02. The molecule has 1 saturated carbocycles. The van der Waals surface area contributed by atoms with Gasteiger partial charge >= 0.3 is 0 Å². The van der Waals surface area contributed by atoms with Crippen LogP contribution in [-0.2, 0) is 15.3 Å². The molecule has 3 nitrogen and oxygen atoms in total. The maximum Gasteiger partial charge on any atom is 0.175 e. The summed E-state index contributed by atoms with van der Waals surface area (Å²) in [4.78, 5) is 0.404. The molecule has 2 rings (SSSR count).